The van der Waals surface area contributed by atoms with Gasteiger partial charge < -0.3 is 69.8 Å². The SMILES string of the molecule is CCN(CC)CCOc1cc(Cl)c(C(F)(F)F)cc1C.CNCCOc1cc(Cl)c(C(F)(F)F)cc1C.CNc1cc(Cl)c(C(F)(F)F)cc1C.Cc1cc(C(F)(F)F)c(Cl)cc1OC1CCNCC1.Cc1cc(C(F)(F)F)c(Cl)cc1OCCN.Cc1cc(C(F)(F)F)c(Cl)cc1OCCN1CCCC1.Cc1cc(C(F)(F)F)c(Cl)cc1OCCN1CCNCC1.Cc1cc(C(F)(F)F)c(Cl)cc1OCCN1CCOCC1. The largest absolute Gasteiger partial charge is 0.492 e. The molecule has 0 atom stereocenters. The number of hydrogen-bond donors (Lipinski definition) is 5. The molecule has 0 unspecified atom stereocenters. The number of hydrogen-bond acceptors (Lipinski definition) is 17. The van der Waals surface area contributed by atoms with Crippen LogP contribution in [0.2, 0.25) is 40.2 Å². The number of piperidine rings is 1. The summed E-state index contributed by atoms with van der Waals surface area (Å²) in [4.78, 5) is 8.88. The van der Waals surface area contributed by atoms with E-state index >= 15 is 0 Å². The van der Waals surface area contributed by atoms with E-state index in [0.29, 0.717) is 150 Å². The van der Waals surface area contributed by atoms with Crippen molar-refractivity contribution in [2.24, 2.45) is 5.73 Å². The number of rotatable bonds is 28. The van der Waals surface area contributed by atoms with E-state index < -0.39 is 93.9 Å². The highest BCUT2D eigenvalue weighted by molar-refractivity contribution is 6.34. The normalized spacial score (nSPS) is 14.6. The zero-order chi connectivity index (χ0) is 111. The summed E-state index contributed by atoms with van der Waals surface area (Å²) in [5.41, 5.74) is 2.73. The van der Waals surface area contributed by atoms with Gasteiger partial charge in [-0.2, -0.15) is 105 Å². The van der Waals surface area contributed by atoms with Crippen LogP contribution in [0.1, 0.15) is 129 Å². The van der Waals surface area contributed by atoms with Gasteiger partial charge in [0, 0.05) is 91.3 Å². The van der Waals surface area contributed by atoms with Crippen molar-refractivity contribution in [3.63, 3.8) is 0 Å². The topological polar surface area (TPSA) is 161 Å². The fourth-order valence-electron chi connectivity index (χ4n) is 14.4. The van der Waals surface area contributed by atoms with Gasteiger partial charge in [-0.15, -0.1) is 0 Å². The number of morpholine rings is 1. The van der Waals surface area contributed by atoms with Crippen LogP contribution >= 0.6 is 92.8 Å². The monoisotopic (exact) mass is 2300 g/mol. The molecule has 4 heterocycles. The van der Waals surface area contributed by atoms with Crippen molar-refractivity contribution in [2.45, 2.75) is 150 Å². The Kier molecular flexibility index (Phi) is 53.9. The highest BCUT2D eigenvalue weighted by Gasteiger charge is 2.41. The molecule has 0 aromatic heterocycles. The minimum Gasteiger partial charge on any atom is -0.492 e. The summed E-state index contributed by atoms with van der Waals surface area (Å²) < 4.78 is 346. The number of ether oxygens (including phenoxy) is 8. The van der Waals surface area contributed by atoms with E-state index in [2.05, 4.69) is 40.9 Å². The number of anilines is 1. The molecule has 0 saturated carbocycles. The van der Waals surface area contributed by atoms with Crippen molar-refractivity contribution in [1.82, 2.24) is 35.6 Å². The van der Waals surface area contributed by atoms with E-state index in [1.807, 2.05) is 13.8 Å². The van der Waals surface area contributed by atoms with Crippen molar-refractivity contribution in [1.29, 1.82) is 0 Å². The van der Waals surface area contributed by atoms with Gasteiger partial charge in [-0.3, -0.25) is 14.7 Å². The lowest BCUT2D eigenvalue weighted by atomic mass is 10.1. The second-order valence-electron chi connectivity index (χ2n) is 33.7. The molecule has 0 amide bonds. The van der Waals surface area contributed by atoms with E-state index in [9.17, 15) is 105 Å². The number of nitrogens with two attached hydrogens (primary N) is 1. The van der Waals surface area contributed by atoms with Crippen molar-refractivity contribution in [3.05, 3.63) is 226 Å². The molecule has 0 aliphatic carbocycles. The number of nitrogens with zero attached hydrogens (tertiary/aromatic N) is 4. The molecular formula is C99H119Cl8F24N9O8. The van der Waals surface area contributed by atoms with E-state index in [4.69, 9.17) is 136 Å². The Morgan fingerprint density at radius 2 is 0.581 bits per heavy atom. The third-order valence-electron chi connectivity index (χ3n) is 22.5. The number of benzene rings is 8. The molecule has 17 nitrogen and oxygen atoms in total. The van der Waals surface area contributed by atoms with Gasteiger partial charge in [0.15, 0.2) is 0 Å². The molecule has 0 bridgehead atoms. The number of halogens is 32. The van der Waals surface area contributed by atoms with Gasteiger partial charge in [-0.1, -0.05) is 107 Å². The fourth-order valence-corrected chi connectivity index (χ4v) is 16.5. The van der Waals surface area contributed by atoms with Crippen LogP contribution in [0.15, 0.2) is 97.1 Å². The molecule has 0 radical (unpaired) electrons. The van der Waals surface area contributed by atoms with Crippen LogP contribution in [-0.4, -0.2) is 210 Å². The molecule has 8 aromatic carbocycles. The number of alkyl halides is 24. The number of piperazine rings is 1. The standard InChI is InChI=1S/C14H18ClF3N2O.C14H17ClF3NO2.C14H17ClF3NO.C14H19ClF3NO.C13H15ClF3NO.C11H13ClF3NO.C10H11ClF3NO.C9H9ClF3N/c1-10-8-11(14(16,17)18)12(15)9-13(10)21-7-6-20-4-2-19-3-5-20;1-10-8-11(14(16,17)18)12(15)9-13(10)21-7-4-19-2-5-20-6-3-19;1-10-8-11(14(16,17)18)12(15)9-13(10)20-7-6-19-4-2-3-5-19;1-4-19(5-2)6-7-20-13-9-12(15)11(8-10(13)3)14(16,17)18;1-8-6-10(13(15,16)17)11(14)7-12(8)19-9-2-4-18-5-3-9;1-7-5-8(11(13,14)15)9(12)6-10(7)17-4-3-16-2;1-6-4-7(10(12,13)14)8(11)5-9(6)16-3-2-15;1-5-3-6(9(11,12)13)7(10)4-8(5)14-2/h8-9,19H,2-7H2,1H3;8-9H,2-7H2,1H3;8-9H,2-7H2,1H3;8-9H,4-7H2,1-3H3;6-7,9,18H,2-5H2,1H3;5-6,16H,3-4H2,1-2H3;4-5H,2-3,15H2,1H3;3-4,14H,1-2H3. The van der Waals surface area contributed by atoms with Gasteiger partial charge in [0.2, 0.25) is 0 Å². The average molecular weight is 2300 g/mol. The molecular weight excluding hydrogens is 2180 g/mol. The molecule has 49 heteroatoms. The van der Waals surface area contributed by atoms with Crippen LogP contribution in [0, 0.1) is 55.4 Å². The Balaban J connectivity index is 0.000000298. The maximum atomic E-state index is 12.7. The lowest BCUT2D eigenvalue weighted by Gasteiger charge is -2.27. The molecule has 4 aliphatic heterocycles. The molecule has 4 saturated heterocycles. The highest BCUT2D eigenvalue weighted by Crippen LogP contribution is 2.47. The minimum atomic E-state index is -4.45. The van der Waals surface area contributed by atoms with Crippen LogP contribution in [0.5, 0.6) is 40.2 Å². The molecule has 0 spiro atoms. The zero-order valence-corrected chi connectivity index (χ0v) is 88.8. The molecule has 4 fully saturated rings. The molecule has 832 valence electrons. The van der Waals surface area contributed by atoms with Crippen LogP contribution in [0.25, 0.3) is 0 Å². The second kappa shape index (κ2) is 60.9. The Hall–Kier alpha value is -7.56. The first-order chi connectivity index (χ1) is 68.9. The summed E-state index contributed by atoms with van der Waals surface area (Å²) >= 11 is 45.0. The minimum absolute atomic E-state index is 0.0350. The summed E-state index contributed by atoms with van der Waals surface area (Å²) in [6.07, 6.45) is -31.4. The molecule has 8 aromatic rings. The number of likely N-dealkylation sites (N-methyl/N-ethyl adjacent to an activating group) is 2. The first kappa shape index (κ1) is 131. The lowest BCUT2D eigenvalue weighted by molar-refractivity contribution is -0.138. The van der Waals surface area contributed by atoms with E-state index in [0.717, 1.165) is 166 Å². The summed E-state index contributed by atoms with van der Waals surface area (Å²) in [7, 11) is 3.39. The number of nitrogens with one attached hydrogen (secondary N) is 4. The maximum Gasteiger partial charge on any atom is 0.417 e. The van der Waals surface area contributed by atoms with Gasteiger partial charge in [0.05, 0.1) is 97.9 Å². The number of aryl methyl sites for hydroxylation is 8. The Morgan fingerprint density at radius 1 is 0.331 bits per heavy atom. The zero-order valence-electron chi connectivity index (χ0n) is 82.8. The summed E-state index contributed by atoms with van der Waals surface area (Å²) in [5.74, 6) is 2.74. The van der Waals surface area contributed by atoms with E-state index in [1.54, 1.807) is 62.6 Å². The van der Waals surface area contributed by atoms with Gasteiger partial charge in [0.25, 0.3) is 0 Å². The number of likely N-dealkylation sites (tertiary alicyclic amines) is 1. The molecule has 4 aliphatic rings. The quantitative estimate of drug-likeness (QED) is 0.0232. The fraction of sp³-hybridized carbons (Fsp3) is 0.515. The summed E-state index contributed by atoms with van der Waals surface area (Å²) in [6.45, 7) is 35.5. The van der Waals surface area contributed by atoms with Crippen molar-refractivity contribution < 1.29 is 143 Å². The third-order valence-corrected chi connectivity index (χ3v) is 25.0. The Morgan fingerprint density at radius 3 is 0.865 bits per heavy atom. The van der Waals surface area contributed by atoms with Gasteiger partial charge in [0.1, 0.15) is 86.0 Å². The van der Waals surface area contributed by atoms with Crippen molar-refractivity contribution >= 4 is 98.5 Å². The predicted molar refractivity (Wildman–Crippen MR) is 532 cm³/mol. The second-order valence-corrected chi connectivity index (χ2v) is 37.0. The predicted octanol–water partition coefficient (Wildman–Crippen LogP) is 28.6. The Labute approximate surface area is 884 Å². The summed E-state index contributed by atoms with van der Waals surface area (Å²) in [6, 6.07) is 18.0. The summed E-state index contributed by atoms with van der Waals surface area (Å²) in [5, 5.41) is 9.45. The highest BCUT2D eigenvalue weighted by atomic mass is 35.5. The first-order valence-electron chi connectivity index (χ1n) is 46.2. The van der Waals surface area contributed by atoms with Crippen LogP contribution in [0.3, 0.4) is 0 Å². The van der Waals surface area contributed by atoms with Crippen LogP contribution < -0.4 is 60.2 Å². The van der Waals surface area contributed by atoms with E-state index in [-0.39, 0.29) is 59.4 Å². The average Bonchev–Trinajstić information content (AvgIpc) is 0.895. The van der Waals surface area contributed by atoms with Crippen LogP contribution in [0.4, 0.5) is 111 Å². The van der Waals surface area contributed by atoms with Crippen molar-refractivity contribution in [2.75, 3.05) is 190 Å². The molecule has 148 heavy (non-hydrogen) atoms. The lowest BCUT2D eigenvalue weighted by Crippen LogP contribution is -2.44. The molecule has 12 rings (SSSR count). The third kappa shape index (κ3) is 44.5. The Bertz CT molecular complexity index is 5260. The van der Waals surface area contributed by atoms with Crippen LogP contribution in [-0.2, 0) is 54.1 Å². The maximum absolute atomic E-state index is 12.7. The van der Waals surface area contributed by atoms with E-state index in [1.165, 1.54) is 62.2 Å². The molecule has 6 N–H and O–H groups in total. The smallest absolute Gasteiger partial charge is 0.417 e. The van der Waals surface area contributed by atoms with Gasteiger partial charge in [-0.25, -0.2) is 0 Å². The van der Waals surface area contributed by atoms with Gasteiger partial charge >= 0.3 is 49.4 Å². The first-order valence-corrected chi connectivity index (χ1v) is 49.2. The van der Waals surface area contributed by atoms with Gasteiger partial charge in [-0.05, 0) is 269 Å². The van der Waals surface area contributed by atoms with Crippen molar-refractivity contribution in [3.8, 4) is 40.2 Å².